The molecule has 0 saturated heterocycles. The second-order valence-electron chi connectivity index (χ2n) is 5.75. The third kappa shape index (κ3) is 4.16. The smallest absolute Gasteiger partial charge is 0.251 e. The van der Waals surface area contributed by atoms with E-state index >= 15 is 0 Å². The zero-order valence-electron chi connectivity index (χ0n) is 14.0. The number of nitrogens with one attached hydrogen (secondary N) is 1. The number of ether oxygens (including phenoxy) is 1. The van der Waals surface area contributed by atoms with Gasteiger partial charge in [0.2, 0.25) is 5.91 Å². The molecule has 0 saturated carbocycles. The molecule has 2 aromatic rings. The molecule has 5 nitrogen and oxygen atoms in total. The third-order valence-corrected chi connectivity index (χ3v) is 6.30. The van der Waals surface area contributed by atoms with Crippen molar-refractivity contribution in [2.75, 3.05) is 18.2 Å². The molecule has 25 heavy (non-hydrogen) atoms. The first-order valence-electron chi connectivity index (χ1n) is 8.09. The fraction of sp³-hybridized carbons (Fsp3) is 0.333. The lowest BCUT2D eigenvalue weighted by Gasteiger charge is -2.06. The molecule has 0 aliphatic heterocycles. The highest BCUT2D eigenvalue weighted by Gasteiger charge is 2.25. The fourth-order valence-corrected chi connectivity index (χ4v) is 5.04. The minimum absolute atomic E-state index is 0.0940. The van der Waals surface area contributed by atoms with Gasteiger partial charge in [0.1, 0.15) is 10.8 Å². The van der Waals surface area contributed by atoms with Crippen LogP contribution in [0.25, 0.3) is 0 Å². The van der Waals surface area contributed by atoms with E-state index in [-0.39, 0.29) is 5.91 Å². The summed E-state index contributed by atoms with van der Waals surface area (Å²) in [7, 11) is 1.63. The summed E-state index contributed by atoms with van der Waals surface area (Å²) in [5.41, 5.74) is 7.05. The van der Waals surface area contributed by atoms with Crippen molar-refractivity contribution in [2.45, 2.75) is 30.6 Å². The first-order valence-corrected chi connectivity index (χ1v) is 9.89. The van der Waals surface area contributed by atoms with Crippen LogP contribution in [-0.4, -0.2) is 24.7 Å². The van der Waals surface area contributed by atoms with Gasteiger partial charge in [-0.3, -0.25) is 9.59 Å². The molecule has 7 heteroatoms. The van der Waals surface area contributed by atoms with Crippen molar-refractivity contribution in [3.8, 4) is 5.75 Å². The van der Waals surface area contributed by atoms with E-state index in [2.05, 4.69) is 5.32 Å². The van der Waals surface area contributed by atoms with Crippen molar-refractivity contribution in [1.82, 2.24) is 0 Å². The summed E-state index contributed by atoms with van der Waals surface area (Å²) in [6.45, 7) is 0. The molecule has 0 unspecified atom stereocenters. The van der Waals surface area contributed by atoms with E-state index in [1.54, 1.807) is 18.9 Å². The summed E-state index contributed by atoms with van der Waals surface area (Å²) in [6, 6.07) is 7.73. The number of hydrogen-bond donors (Lipinski definition) is 2. The normalized spacial score (nSPS) is 12.7. The molecule has 3 rings (SSSR count). The number of nitrogens with two attached hydrogens (primary N) is 1. The van der Waals surface area contributed by atoms with Crippen molar-refractivity contribution >= 4 is 39.9 Å². The van der Waals surface area contributed by atoms with Crippen LogP contribution in [0.15, 0.2) is 29.2 Å². The monoisotopic (exact) mass is 376 g/mol. The zero-order valence-corrected chi connectivity index (χ0v) is 15.6. The molecule has 3 N–H and O–H groups in total. The summed E-state index contributed by atoms with van der Waals surface area (Å²) in [6.07, 6.45) is 3.25. The Morgan fingerprint density at radius 1 is 1.28 bits per heavy atom. The molecular formula is C18H20N2O3S2. The fourth-order valence-electron chi connectivity index (χ4n) is 2.88. The maximum absolute atomic E-state index is 12.2. The first kappa shape index (κ1) is 17.8. The van der Waals surface area contributed by atoms with Gasteiger partial charge in [0.05, 0.1) is 12.7 Å². The second-order valence-corrected chi connectivity index (χ2v) is 8.02. The lowest BCUT2D eigenvalue weighted by atomic mass is 10.1. The van der Waals surface area contributed by atoms with Crippen LogP contribution < -0.4 is 15.8 Å². The Labute approximate surface area is 154 Å². The molecule has 1 aliphatic carbocycles. The molecular weight excluding hydrogens is 356 g/mol. The topological polar surface area (TPSA) is 81.4 Å². The van der Waals surface area contributed by atoms with E-state index < -0.39 is 5.91 Å². The summed E-state index contributed by atoms with van der Waals surface area (Å²) in [5.74, 6) is 0.923. The Morgan fingerprint density at radius 3 is 2.72 bits per heavy atom. The van der Waals surface area contributed by atoms with Gasteiger partial charge < -0.3 is 15.8 Å². The summed E-state index contributed by atoms with van der Waals surface area (Å²) in [5, 5.41) is 3.48. The molecule has 0 atom stereocenters. The van der Waals surface area contributed by atoms with E-state index in [0.717, 1.165) is 35.5 Å². The quantitative estimate of drug-likeness (QED) is 0.725. The Kier molecular flexibility index (Phi) is 5.65. The van der Waals surface area contributed by atoms with Crippen LogP contribution in [0.1, 0.15) is 33.6 Å². The SMILES string of the molecule is COc1ccc(SCCC(=O)Nc2sc3c(c2C(N)=O)CCC3)cc1. The number of amides is 2. The van der Waals surface area contributed by atoms with E-state index in [0.29, 0.717) is 22.7 Å². The molecule has 1 aromatic heterocycles. The van der Waals surface area contributed by atoms with Crippen molar-refractivity contribution in [3.63, 3.8) is 0 Å². The zero-order chi connectivity index (χ0) is 17.8. The average Bonchev–Trinajstić information content (AvgIpc) is 3.15. The van der Waals surface area contributed by atoms with Crippen LogP contribution in [0.2, 0.25) is 0 Å². The minimum atomic E-state index is -0.456. The maximum atomic E-state index is 12.2. The van der Waals surface area contributed by atoms with Gasteiger partial charge in [-0.1, -0.05) is 0 Å². The lowest BCUT2D eigenvalue weighted by Crippen LogP contribution is -2.18. The van der Waals surface area contributed by atoms with Crippen molar-refractivity contribution in [2.24, 2.45) is 5.73 Å². The standard InChI is InChI=1S/C18H20N2O3S2/c1-23-11-5-7-12(8-6-11)24-10-9-15(21)20-18-16(17(19)22)13-3-2-4-14(13)25-18/h5-8H,2-4,9-10H2,1H3,(H2,19,22)(H,20,21). The number of primary amides is 1. The first-order chi connectivity index (χ1) is 12.1. The van der Waals surface area contributed by atoms with Crippen LogP contribution in [0.4, 0.5) is 5.00 Å². The average molecular weight is 377 g/mol. The molecule has 2 amide bonds. The minimum Gasteiger partial charge on any atom is -0.497 e. The number of carbonyl (C=O) groups excluding carboxylic acids is 2. The molecule has 0 fully saturated rings. The Balaban J connectivity index is 1.55. The number of benzene rings is 1. The number of aryl methyl sites for hydroxylation is 1. The predicted octanol–water partition coefficient (Wildman–Crippen LogP) is 3.47. The molecule has 1 heterocycles. The number of thiophene rings is 1. The highest BCUT2D eigenvalue weighted by molar-refractivity contribution is 7.99. The van der Waals surface area contributed by atoms with Gasteiger partial charge in [0.25, 0.3) is 5.91 Å². The van der Waals surface area contributed by atoms with Crippen molar-refractivity contribution < 1.29 is 14.3 Å². The second kappa shape index (κ2) is 7.93. The number of fused-ring (bicyclic) bond motifs is 1. The van der Waals surface area contributed by atoms with Crippen molar-refractivity contribution in [3.05, 3.63) is 40.3 Å². The van der Waals surface area contributed by atoms with Crippen LogP contribution in [0, 0.1) is 0 Å². The Hall–Kier alpha value is -1.99. The molecule has 1 aromatic carbocycles. The highest BCUT2D eigenvalue weighted by Crippen LogP contribution is 2.38. The number of rotatable bonds is 7. The Morgan fingerprint density at radius 2 is 2.04 bits per heavy atom. The van der Waals surface area contributed by atoms with Crippen LogP contribution in [0.3, 0.4) is 0 Å². The number of thioether (sulfide) groups is 1. The van der Waals surface area contributed by atoms with Gasteiger partial charge in [0, 0.05) is 21.9 Å². The van der Waals surface area contributed by atoms with Gasteiger partial charge in [-0.05, 0) is 49.1 Å². The van der Waals surface area contributed by atoms with Crippen LogP contribution in [0.5, 0.6) is 5.75 Å². The molecule has 132 valence electrons. The van der Waals surface area contributed by atoms with Gasteiger partial charge in [0.15, 0.2) is 0 Å². The van der Waals surface area contributed by atoms with Crippen LogP contribution in [-0.2, 0) is 17.6 Å². The van der Waals surface area contributed by atoms with Gasteiger partial charge in [-0.2, -0.15) is 0 Å². The van der Waals surface area contributed by atoms with E-state index in [4.69, 9.17) is 10.5 Å². The number of hydrogen-bond acceptors (Lipinski definition) is 5. The molecule has 0 radical (unpaired) electrons. The number of anilines is 1. The Bertz CT molecular complexity index is 784. The molecule has 0 bridgehead atoms. The van der Waals surface area contributed by atoms with E-state index in [1.807, 2.05) is 24.3 Å². The lowest BCUT2D eigenvalue weighted by molar-refractivity contribution is -0.115. The van der Waals surface area contributed by atoms with Crippen molar-refractivity contribution in [1.29, 1.82) is 0 Å². The van der Waals surface area contributed by atoms with Gasteiger partial charge in [-0.15, -0.1) is 23.1 Å². The summed E-state index contributed by atoms with van der Waals surface area (Å²) in [4.78, 5) is 26.2. The number of methoxy groups -OCH3 is 1. The largest absolute Gasteiger partial charge is 0.497 e. The molecule has 1 aliphatic rings. The summed E-state index contributed by atoms with van der Waals surface area (Å²) < 4.78 is 5.12. The predicted molar refractivity (Wildman–Crippen MR) is 102 cm³/mol. The van der Waals surface area contributed by atoms with E-state index in [9.17, 15) is 9.59 Å². The van der Waals surface area contributed by atoms with E-state index in [1.165, 1.54) is 16.2 Å². The summed E-state index contributed by atoms with van der Waals surface area (Å²) >= 11 is 3.09. The van der Waals surface area contributed by atoms with Gasteiger partial charge in [-0.25, -0.2) is 0 Å². The maximum Gasteiger partial charge on any atom is 0.251 e. The number of carbonyl (C=O) groups is 2. The van der Waals surface area contributed by atoms with Gasteiger partial charge >= 0.3 is 0 Å². The molecule has 0 spiro atoms. The van der Waals surface area contributed by atoms with Crippen LogP contribution >= 0.6 is 23.1 Å². The third-order valence-electron chi connectivity index (χ3n) is 4.08. The highest BCUT2D eigenvalue weighted by atomic mass is 32.2.